The molecule has 0 radical (unpaired) electrons. The minimum Gasteiger partial charge on any atom is -0.480 e. The van der Waals surface area contributed by atoms with Crippen LogP contribution in [0.3, 0.4) is 0 Å². The third-order valence-electron chi connectivity index (χ3n) is 3.11. The van der Waals surface area contributed by atoms with E-state index in [0.717, 1.165) is 0 Å². The molecule has 3 rings (SSSR count). The van der Waals surface area contributed by atoms with Crippen LogP contribution in [0.15, 0.2) is 36.5 Å². The van der Waals surface area contributed by atoms with E-state index in [2.05, 4.69) is 15.6 Å². The molecule has 20 heavy (non-hydrogen) atoms. The highest BCUT2D eigenvalue weighted by molar-refractivity contribution is 6.04. The highest BCUT2D eigenvalue weighted by atomic mass is 19.1. The Kier molecular flexibility index (Phi) is 2.98. The van der Waals surface area contributed by atoms with Crippen molar-refractivity contribution >= 4 is 17.3 Å². The highest BCUT2D eigenvalue weighted by Crippen LogP contribution is 2.35. The van der Waals surface area contributed by atoms with E-state index >= 15 is 0 Å². The standard InChI is InChI=1S/C14H12FN3O2/c1-20-14-10(3-2-6-16-14)17-12-9-5-4-8(15)7-11(9)18-13(12)19/h2-7,12,17H,1H3,(H,18,19). The lowest BCUT2D eigenvalue weighted by molar-refractivity contribution is -0.116. The number of ether oxygens (including phenoxy) is 1. The number of nitrogens with one attached hydrogen (secondary N) is 2. The van der Waals surface area contributed by atoms with Gasteiger partial charge < -0.3 is 15.4 Å². The minimum absolute atomic E-state index is 0.239. The molecule has 1 unspecified atom stereocenters. The first kappa shape index (κ1) is 12.4. The average Bonchev–Trinajstić information content (AvgIpc) is 2.75. The molecule has 6 heteroatoms. The molecule has 0 bridgehead atoms. The maximum atomic E-state index is 13.2. The summed E-state index contributed by atoms with van der Waals surface area (Å²) in [5.74, 6) is -0.226. The Labute approximate surface area is 114 Å². The van der Waals surface area contributed by atoms with Crippen LogP contribution in [0.1, 0.15) is 11.6 Å². The first-order valence-electron chi connectivity index (χ1n) is 6.05. The van der Waals surface area contributed by atoms with E-state index in [4.69, 9.17) is 4.74 Å². The molecule has 2 N–H and O–H groups in total. The molecule has 0 fully saturated rings. The molecule has 1 aromatic carbocycles. The van der Waals surface area contributed by atoms with Crippen LogP contribution in [0.2, 0.25) is 0 Å². The quantitative estimate of drug-likeness (QED) is 0.901. The Hall–Kier alpha value is -2.63. The van der Waals surface area contributed by atoms with E-state index in [1.165, 1.54) is 19.2 Å². The van der Waals surface area contributed by atoms with E-state index in [-0.39, 0.29) is 11.7 Å². The van der Waals surface area contributed by atoms with Crippen LogP contribution >= 0.6 is 0 Å². The van der Waals surface area contributed by atoms with E-state index in [1.807, 2.05) is 0 Å². The summed E-state index contributed by atoms with van der Waals surface area (Å²) >= 11 is 0. The van der Waals surface area contributed by atoms with Crippen molar-refractivity contribution in [3.05, 3.63) is 47.9 Å². The summed E-state index contributed by atoms with van der Waals surface area (Å²) in [5.41, 5.74) is 1.78. The van der Waals surface area contributed by atoms with Crippen LogP contribution in [-0.2, 0) is 4.79 Å². The van der Waals surface area contributed by atoms with Gasteiger partial charge in [-0.1, -0.05) is 6.07 Å². The van der Waals surface area contributed by atoms with E-state index < -0.39 is 6.04 Å². The van der Waals surface area contributed by atoms with Crippen molar-refractivity contribution in [3.63, 3.8) is 0 Å². The first-order valence-corrected chi connectivity index (χ1v) is 6.05. The summed E-state index contributed by atoms with van der Waals surface area (Å²) in [5, 5.41) is 5.71. The van der Waals surface area contributed by atoms with Gasteiger partial charge in [0.2, 0.25) is 5.88 Å². The molecular weight excluding hydrogens is 261 g/mol. The fourth-order valence-corrected chi connectivity index (χ4v) is 2.20. The summed E-state index contributed by atoms with van der Waals surface area (Å²) in [4.78, 5) is 16.0. The Morgan fingerprint density at radius 2 is 2.25 bits per heavy atom. The number of methoxy groups -OCH3 is 1. The normalized spacial score (nSPS) is 16.5. The second-order valence-corrected chi connectivity index (χ2v) is 4.36. The number of fused-ring (bicyclic) bond motifs is 1. The molecule has 0 spiro atoms. The van der Waals surface area contributed by atoms with E-state index in [9.17, 15) is 9.18 Å². The zero-order valence-electron chi connectivity index (χ0n) is 10.7. The molecule has 5 nitrogen and oxygen atoms in total. The van der Waals surface area contributed by atoms with Crippen molar-refractivity contribution in [3.8, 4) is 5.88 Å². The van der Waals surface area contributed by atoms with Gasteiger partial charge in [0.1, 0.15) is 11.9 Å². The second-order valence-electron chi connectivity index (χ2n) is 4.36. The lowest BCUT2D eigenvalue weighted by Crippen LogP contribution is -2.20. The number of nitrogens with zero attached hydrogens (tertiary/aromatic N) is 1. The van der Waals surface area contributed by atoms with E-state index in [1.54, 1.807) is 24.4 Å². The molecule has 1 aliphatic rings. The number of carbonyl (C=O) groups is 1. The summed E-state index contributed by atoms with van der Waals surface area (Å²) < 4.78 is 18.3. The number of benzene rings is 1. The molecule has 2 heterocycles. The van der Waals surface area contributed by atoms with Gasteiger partial charge in [-0.2, -0.15) is 0 Å². The predicted molar refractivity (Wildman–Crippen MR) is 72.2 cm³/mol. The summed E-state index contributed by atoms with van der Waals surface area (Å²) in [6.45, 7) is 0. The number of hydrogen-bond donors (Lipinski definition) is 2. The lowest BCUT2D eigenvalue weighted by Gasteiger charge is -2.14. The number of amides is 1. The third kappa shape index (κ3) is 2.05. The zero-order chi connectivity index (χ0) is 14.1. The number of rotatable bonds is 3. The molecule has 1 atom stereocenters. The smallest absolute Gasteiger partial charge is 0.251 e. The van der Waals surface area contributed by atoms with Crippen LogP contribution in [0.4, 0.5) is 15.8 Å². The van der Waals surface area contributed by atoms with Gasteiger partial charge >= 0.3 is 0 Å². The third-order valence-corrected chi connectivity index (χ3v) is 3.11. The molecule has 2 aromatic rings. The topological polar surface area (TPSA) is 63.2 Å². The fourth-order valence-electron chi connectivity index (χ4n) is 2.20. The largest absolute Gasteiger partial charge is 0.480 e. The number of anilines is 2. The molecule has 102 valence electrons. The van der Waals surface area contributed by atoms with Gasteiger partial charge in [-0.15, -0.1) is 0 Å². The number of hydrogen-bond acceptors (Lipinski definition) is 4. The number of halogens is 1. The van der Waals surface area contributed by atoms with Crippen molar-refractivity contribution in [1.82, 2.24) is 4.98 Å². The summed E-state index contributed by atoms with van der Waals surface area (Å²) in [6, 6.07) is 7.13. The van der Waals surface area contributed by atoms with Crippen LogP contribution in [0, 0.1) is 5.82 Å². The van der Waals surface area contributed by atoms with Crippen LogP contribution in [0.25, 0.3) is 0 Å². The minimum atomic E-state index is -0.594. The Morgan fingerprint density at radius 3 is 3.05 bits per heavy atom. The molecular formula is C14H12FN3O2. The van der Waals surface area contributed by atoms with Crippen LogP contribution < -0.4 is 15.4 Å². The zero-order valence-corrected chi connectivity index (χ0v) is 10.7. The SMILES string of the molecule is COc1ncccc1NC1C(=O)Nc2cc(F)ccc21. The van der Waals surface area contributed by atoms with Gasteiger partial charge in [-0.3, -0.25) is 4.79 Å². The van der Waals surface area contributed by atoms with Gasteiger partial charge in [0.15, 0.2) is 0 Å². The summed E-state index contributed by atoms with van der Waals surface area (Å²) in [7, 11) is 1.51. The lowest BCUT2D eigenvalue weighted by atomic mass is 10.1. The predicted octanol–water partition coefficient (Wildman–Crippen LogP) is 2.33. The van der Waals surface area contributed by atoms with Gasteiger partial charge in [0, 0.05) is 17.4 Å². The van der Waals surface area contributed by atoms with Crippen LogP contribution in [-0.4, -0.2) is 18.0 Å². The van der Waals surface area contributed by atoms with Crippen LogP contribution in [0.5, 0.6) is 5.88 Å². The van der Waals surface area contributed by atoms with E-state index in [0.29, 0.717) is 22.8 Å². The Balaban J connectivity index is 1.94. The van der Waals surface area contributed by atoms with Crippen molar-refractivity contribution in [2.45, 2.75) is 6.04 Å². The monoisotopic (exact) mass is 273 g/mol. The fraction of sp³-hybridized carbons (Fsp3) is 0.143. The van der Waals surface area contributed by atoms with Crippen molar-refractivity contribution in [2.75, 3.05) is 17.7 Å². The maximum absolute atomic E-state index is 13.2. The number of carbonyl (C=O) groups excluding carboxylic acids is 1. The second kappa shape index (κ2) is 4.80. The Morgan fingerprint density at radius 1 is 1.40 bits per heavy atom. The molecule has 1 aromatic heterocycles. The van der Waals surface area contributed by atoms with Gasteiger partial charge in [-0.05, 0) is 24.3 Å². The highest BCUT2D eigenvalue weighted by Gasteiger charge is 2.31. The Bertz CT molecular complexity index is 675. The van der Waals surface area contributed by atoms with Gasteiger partial charge in [-0.25, -0.2) is 9.37 Å². The molecule has 0 aliphatic carbocycles. The molecule has 1 aliphatic heterocycles. The number of pyridine rings is 1. The number of aromatic nitrogens is 1. The van der Waals surface area contributed by atoms with Crippen molar-refractivity contribution in [2.24, 2.45) is 0 Å². The van der Waals surface area contributed by atoms with Crippen molar-refractivity contribution in [1.29, 1.82) is 0 Å². The van der Waals surface area contributed by atoms with Crippen molar-refractivity contribution < 1.29 is 13.9 Å². The van der Waals surface area contributed by atoms with Gasteiger partial charge in [0.25, 0.3) is 5.91 Å². The summed E-state index contributed by atoms with van der Waals surface area (Å²) in [6.07, 6.45) is 1.60. The molecule has 0 saturated carbocycles. The first-order chi connectivity index (χ1) is 9.69. The van der Waals surface area contributed by atoms with Gasteiger partial charge in [0.05, 0.1) is 12.8 Å². The molecule has 0 saturated heterocycles. The molecule has 1 amide bonds. The maximum Gasteiger partial charge on any atom is 0.251 e. The average molecular weight is 273 g/mol.